The Morgan fingerprint density at radius 1 is 1.21 bits per heavy atom. The Morgan fingerprint density at radius 2 is 1.71 bits per heavy atom. The lowest BCUT2D eigenvalue weighted by Crippen LogP contribution is -2.22. The van der Waals surface area contributed by atoms with Gasteiger partial charge in [-0.25, -0.2) is 12.8 Å². The number of rotatable bonds is 2. The van der Waals surface area contributed by atoms with Crippen molar-refractivity contribution in [1.29, 1.82) is 0 Å². The van der Waals surface area contributed by atoms with E-state index in [-0.39, 0.29) is 0 Å². The molecule has 0 N–H and O–H groups in total. The van der Waals surface area contributed by atoms with Crippen LogP contribution < -0.4 is 0 Å². The number of hydrogen-bond donors (Lipinski definition) is 0. The molecule has 0 aromatic heterocycles. The van der Waals surface area contributed by atoms with Crippen LogP contribution in [0.3, 0.4) is 0 Å². The van der Waals surface area contributed by atoms with Crippen molar-refractivity contribution in [1.82, 2.24) is 0 Å². The monoisotopic (exact) mass is 288 g/mol. The Balaban J connectivity index is 3.40. The number of sulfone groups is 1. The molecular formula is C7H4BrF3O2S. The summed E-state index contributed by atoms with van der Waals surface area (Å²) in [6.07, 6.45) is 0. The lowest BCUT2D eigenvalue weighted by atomic mass is 10.4. The third-order valence-electron chi connectivity index (χ3n) is 1.43. The van der Waals surface area contributed by atoms with E-state index < -0.39 is 24.7 Å². The Hall–Kier alpha value is -0.560. The first kappa shape index (κ1) is 11.5. The molecule has 1 rings (SSSR count). The van der Waals surface area contributed by atoms with Gasteiger partial charge in [0.2, 0.25) is 0 Å². The van der Waals surface area contributed by atoms with Crippen molar-refractivity contribution < 1.29 is 21.6 Å². The van der Waals surface area contributed by atoms with Crippen LogP contribution in [0.5, 0.6) is 0 Å². The molecule has 1 aromatic carbocycles. The van der Waals surface area contributed by atoms with Gasteiger partial charge >= 0.3 is 4.16 Å². The van der Waals surface area contributed by atoms with Gasteiger partial charge < -0.3 is 0 Å². The average molecular weight is 289 g/mol. The highest BCUT2D eigenvalue weighted by atomic mass is 79.9. The zero-order valence-corrected chi connectivity index (χ0v) is 8.95. The number of benzene rings is 1. The maximum atomic E-state index is 12.9. The van der Waals surface area contributed by atoms with E-state index in [0.717, 1.165) is 18.2 Å². The van der Waals surface area contributed by atoms with Gasteiger partial charge in [0.15, 0.2) is 0 Å². The topological polar surface area (TPSA) is 34.1 Å². The summed E-state index contributed by atoms with van der Waals surface area (Å²) < 4.78 is 55.8. The summed E-state index contributed by atoms with van der Waals surface area (Å²) in [6.45, 7) is 0. The quantitative estimate of drug-likeness (QED) is 0.784. The zero-order chi connectivity index (χ0) is 11.0. The summed E-state index contributed by atoms with van der Waals surface area (Å²) >= 11 is 1.68. The van der Waals surface area contributed by atoms with Crippen molar-refractivity contribution in [2.75, 3.05) is 0 Å². The number of hydrogen-bond acceptors (Lipinski definition) is 2. The van der Waals surface area contributed by atoms with Gasteiger partial charge in [0.05, 0.1) is 0 Å². The van der Waals surface area contributed by atoms with Crippen molar-refractivity contribution in [2.45, 2.75) is 9.06 Å². The molecule has 0 aliphatic rings. The van der Waals surface area contributed by atoms with Gasteiger partial charge in [-0.3, -0.25) is 0 Å². The fourth-order valence-corrected chi connectivity index (χ4v) is 2.14. The first-order valence-electron chi connectivity index (χ1n) is 3.32. The molecule has 14 heavy (non-hydrogen) atoms. The van der Waals surface area contributed by atoms with E-state index in [9.17, 15) is 21.6 Å². The summed E-state index contributed by atoms with van der Waals surface area (Å²) in [5.41, 5.74) is 0. The number of alkyl halides is 3. The molecule has 2 nitrogen and oxygen atoms in total. The second-order valence-corrected chi connectivity index (χ2v) is 5.86. The van der Waals surface area contributed by atoms with Crippen molar-refractivity contribution in [2.24, 2.45) is 0 Å². The van der Waals surface area contributed by atoms with E-state index in [1.54, 1.807) is 15.9 Å². The maximum absolute atomic E-state index is 12.9. The third-order valence-corrected chi connectivity index (χ3v) is 4.23. The van der Waals surface area contributed by atoms with E-state index in [1.165, 1.54) is 6.07 Å². The summed E-state index contributed by atoms with van der Waals surface area (Å²) in [5, 5.41) is 0. The minimum atomic E-state index is -5.00. The Kier molecular flexibility index (Phi) is 2.91. The van der Waals surface area contributed by atoms with Gasteiger partial charge in [-0.05, 0) is 12.1 Å². The first-order valence-corrected chi connectivity index (χ1v) is 5.60. The van der Waals surface area contributed by atoms with Crippen LogP contribution in [0.25, 0.3) is 0 Å². The van der Waals surface area contributed by atoms with Crippen LogP contribution in [0.2, 0.25) is 0 Å². The Morgan fingerprint density at radius 3 is 2.14 bits per heavy atom. The highest BCUT2D eigenvalue weighted by Crippen LogP contribution is 2.35. The van der Waals surface area contributed by atoms with E-state index in [1.807, 2.05) is 0 Å². The average Bonchev–Trinajstić information content (AvgIpc) is 2.02. The molecule has 0 radical (unpaired) electrons. The molecule has 1 aromatic rings. The van der Waals surface area contributed by atoms with Crippen LogP contribution >= 0.6 is 15.9 Å². The van der Waals surface area contributed by atoms with Crippen LogP contribution in [0.15, 0.2) is 29.2 Å². The fourth-order valence-electron chi connectivity index (χ4n) is 0.787. The standard InChI is InChI=1S/C7H4BrF3O2S/c8-7(10,11)14(12,13)6-4-2-1-3-5(6)9/h1-4H. The second kappa shape index (κ2) is 3.54. The van der Waals surface area contributed by atoms with Gasteiger partial charge in [-0.1, -0.05) is 12.1 Å². The summed E-state index contributed by atoms with van der Waals surface area (Å²) in [7, 11) is -5.00. The largest absolute Gasteiger partial charge is 0.404 e. The lowest BCUT2D eigenvalue weighted by molar-refractivity contribution is 0.203. The van der Waals surface area contributed by atoms with Gasteiger partial charge in [0, 0.05) is 15.9 Å². The minimum Gasteiger partial charge on any atom is -0.216 e. The van der Waals surface area contributed by atoms with Gasteiger partial charge in [0.1, 0.15) is 10.7 Å². The molecule has 0 aliphatic carbocycles. The second-order valence-electron chi connectivity index (χ2n) is 2.38. The smallest absolute Gasteiger partial charge is 0.216 e. The van der Waals surface area contributed by atoms with Crippen molar-refractivity contribution >= 4 is 25.8 Å². The van der Waals surface area contributed by atoms with E-state index in [4.69, 9.17) is 0 Å². The summed E-state index contributed by atoms with van der Waals surface area (Å²) in [4.78, 5) is -1.03. The van der Waals surface area contributed by atoms with E-state index >= 15 is 0 Å². The molecule has 0 unspecified atom stereocenters. The normalized spacial score (nSPS) is 12.9. The molecule has 0 aliphatic heterocycles. The fraction of sp³-hybridized carbons (Fsp3) is 0.143. The van der Waals surface area contributed by atoms with Gasteiger partial charge in [0.25, 0.3) is 9.84 Å². The molecule has 78 valence electrons. The van der Waals surface area contributed by atoms with Crippen LogP contribution in [0.1, 0.15) is 0 Å². The molecule has 0 heterocycles. The molecule has 0 atom stereocenters. The molecule has 0 amide bonds. The maximum Gasteiger partial charge on any atom is 0.404 e. The van der Waals surface area contributed by atoms with Gasteiger partial charge in [-0.15, -0.1) is 0 Å². The van der Waals surface area contributed by atoms with Crippen molar-refractivity contribution in [3.8, 4) is 0 Å². The molecule has 0 fully saturated rings. The Bertz CT molecular complexity index is 438. The molecule has 0 saturated carbocycles. The minimum absolute atomic E-state index is 0.778. The lowest BCUT2D eigenvalue weighted by Gasteiger charge is -2.09. The van der Waals surface area contributed by atoms with Crippen molar-refractivity contribution in [3.63, 3.8) is 0 Å². The number of halogens is 4. The molecule has 7 heteroatoms. The summed E-state index contributed by atoms with van der Waals surface area (Å²) in [6, 6.07) is 3.95. The first-order chi connectivity index (χ1) is 6.27. The van der Waals surface area contributed by atoms with Gasteiger partial charge in [-0.2, -0.15) is 8.78 Å². The Labute approximate surface area is 86.8 Å². The predicted molar refractivity (Wildman–Crippen MR) is 47.5 cm³/mol. The molecule has 0 saturated heterocycles. The van der Waals surface area contributed by atoms with E-state index in [0.29, 0.717) is 0 Å². The van der Waals surface area contributed by atoms with Crippen molar-refractivity contribution in [3.05, 3.63) is 30.1 Å². The van der Waals surface area contributed by atoms with Crippen LogP contribution in [0.4, 0.5) is 13.2 Å². The predicted octanol–water partition coefficient (Wildman–Crippen LogP) is 2.54. The van der Waals surface area contributed by atoms with Crippen LogP contribution in [-0.2, 0) is 9.84 Å². The van der Waals surface area contributed by atoms with Crippen LogP contribution in [-0.4, -0.2) is 12.6 Å². The zero-order valence-electron chi connectivity index (χ0n) is 6.55. The SMILES string of the molecule is O=S(=O)(c1ccccc1F)C(F)(F)Br. The molecule has 0 spiro atoms. The molecular weight excluding hydrogens is 285 g/mol. The van der Waals surface area contributed by atoms with E-state index in [2.05, 4.69) is 0 Å². The molecule has 0 bridgehead atoms. The van der Waals surface area contributed by atoms with Crippen LogP contribution in [0, 0.1) is 5.82 Å². The third kappa shape index (κ3) is 1.93. The highest BCUT2D eigenvalue weighted by Gasteiger charge is 2.44. The summed E-state index contributed by atoms with van der Waals surface area (Å²) in [5.74, 6) is -1.20. The highest BCUT2D eigenvalue weighted by molar-refractivity contribution is 9.11.